The number of fused-ring (bicyclic) bond motifs is 1. The molecule has 0 saturated heterocycles. The van der Waals surface area contributed by atoms with Gasteiger partial charge in [0.15, 0.2) is 0 Å². The van der Waals surface area contributed by atoms with Gasteiger partial charge in [-0.25, -0.2) is 0 Å². The van der Waals surface area contributed by atoms with Crippen LogP contribution in [0.25, 0.3) is 0 Å². The van der Waals surface area contributed by atoms with E-state index >= 15 is 0 Å². The summed E-state index contributed by atoms with van der Waals surface area (Å²) in [6.45, 7) is 2.36. The number of nitrogens with one attached hydrogen (secondary N) is 1. The number of ether oxygens (including phenoxy) is 1. The molecule has 5 nitrogen and oxygen atoms in total. The van der Waals surface area contributed by atoms with Crippen LogP contribution in [0.2, 0.25) is 5.02 Å². The normalized spacial score (nSPS) is 17.1. The van der Waals surface area contributed by atoms with Gasteiger partial charge in [0.2, 0.25) is 11.8 Å². The second-order valence-electron chi connectivity index (χ2n) is 4.72. The van der Waals surface area contributed by atoms with Crippen molar-refractivity contribution in [1.82, 2.24) is 5.32 Å². The van der Waals surface area contributed by atoms with Gasteiger partial charge in [-0.1, -0.05) is 11.6 Å². The SMILES string of the molecule is CNC(=O)CCC(=O)N1C[C@@H](C)Oc2ccc(Cl)cc21. The van der Waals surface area contributed by atoms with Crippen LogP contribution in [0.4, 0.5) is 5.69 Å². The average Bonchev–Trinajstić information content (AvgIpc) is 2.43. The number of halogens is 1. The molecule has 0 unspecified atom stereocenters. The van der Waals surface area contributed by atoms with Crippen molar-refractivity contribution in [2.75, 3.05) is 18.5 Å². The number of hydrogen-bond acceptors (Lipinski definition) is 3. The van der Waals surface area contributed by atoms with Crippen LogP contribution in [0.15, 0.2) is 18.2 Å². The number of benzene rings is 1. The molecule has 2 rings (SSSR count). The number of nitrogens with zero attached hydrogens (tertiary/aromatic N) is 1. The van der Waals surface area contributed by atoms with E-state index in [0.717, 1.165) is 0 Å². The molecule has 0 bridgehead atoms. The molecule has 1 heterocycles. The first-order valence-electron chi connectivity index (χ1n) is 6.48. The van der Waals surface area contributed by atoms with E-state index in [-0.39, 0.29) is 30.8 Å². The van der Waals surface area contributed by atoms with Crippen LogP contribution in [0.1, 0.15) is 19.8 Å². The minimum absolute atomic E-state index is 0.0902. The summed E-state index contributed by atoms with van der Waals surface area (Å²) in [5, 5.41) is 3.05. The second kappa shape index (κ2) is 6.13. The lowest BCUT2D eigenvalue weighted by atomic mass is 10.1. The van der Waals surface area contributed by atoms with Crippen molar-refractivity contribution in [2.24, 2.45) is 0 Å². The second-order valence-corrected chi connectivity index (χ2v) is 5.15. The molecular weight excluding hydrogens is 280 g/mol. The van der Waals surface area contributed by atoms with Crippen molar-refractivity contribution in [3.05, 3.63) is 23.2 Å². The summed E-state index contributed by atoms with van der Waals surface area (Å²) in [6.07, 6.45) is 0.252. The van der Waals surface area contributed by atoms with E-state index in [1.807, 2.05) is 6.92 Å². The van der Waals surface area contributed by atoms with Crippen molar-refractivity contribution in [3.63, 3.8) is 0 Å². The van der Waals surface area contributed by atoms with Crippen molar-refractivity contribution in [1.29, 1.82) is 0 Å². The van der Waals surface area contributed by atoms with Crippen LogP contribution >= 0.6 is 11.6 Å². The van der Waals surface area contributed by atoms with Gasteiger partial charge in [-0.05, 0) is 25.1 Å². The highest BCUT2D eigenvalue weighted by Crippen LogP contribution is 2.36. The highest BCUT2D eigenvalue weighted by molar-refractivity contribution is 6.31. The fourth-order valence-corrected chi connectivity index (χ4v) is 2.29. The summed E-state index contributed by atoms with van der Waals surface area (Å²) in [5.41, 5.74) is 0.664. The Morgan fingerprint density at radius 3 is 2.90 bits per heavy atom. The standard InChI is InChI=1S/C14H17ClN2O3/c1-9-8-17(14(19)6-5-13(18)16-2)11-7-10(15)3-4-12(11)20-9/h3-4,7,9H,5-6,8H2,1-2H3,(H,16,18)/t9-/m1/s1. The first-order valence-corrected chi connectivity index (χ1v) is 6.86. The van der Waals surface area contributed by atoms with Crippen LogP contribution < -0.4 is 15.0 Å². The molecule has 1 aliphatic heterocycles. The van der Waals surface area contributed by atoms with Crippen LogP contribution in [0, 0.1) is 0 Å². The van der Waals surface area contributed by atoms with Gasteiger partial charge in [-0.2, -0.15) is 0 Å². The summed E-state index contributed by atoms with van der Waals surface area (Å²) in [6, 6.07) is 5.19. The lowest BCUT2D eigenvalue weighted by Gasteiger charge is -2.33. The molecule has 1 aromatic rings. The van der Waals surface area contributed by atoms with Crippen LogP contribution in [0.3, 0.4) is 0 Å². The average molecular weight is 297 g/mol. The van der Waals surface area contributed by atoms with Gasteiger partial charge in [-0.15, -0.1) is 0 Å². The van der Waals surface area contributed by atoms with Gasteiger partial charge in [0.05, 0.1) is 12.2 Å². The van der Waals surface area contributed by atoms with E-state index in [1.54, 1.807) is 30.1 Å². The number of anilines is 1. The Balaban J connectivity index is 2.17. The minimum Gasteiger partial charge on any atom is -0.487 e. The Morgan fingerprint density at radius 1 is 1.45 bits per heavy atom. The molecule has 1 aliphatic rings. The molecule has 1 aromatic carbocycles. The van der Waals surface area contributed by atoms with E-state index in [4.69, 9.17) is 16.3 Å². The van der Waals surface area contributed by atoms with Crippen molar-refractivity contribution >= 4 is 29.1 Å². The third-order valence-electron chi connectivity index (χ3n) is 3.13. The highest BCUT2D eigenvalue weighted by Gasteiger charge is 2.27. The Kier molecular flexibility index (Phi) is 4.49. The topological polar surface area (TPSA) is 58.6 Å². The smallest absolute Gasteiger partial charge is 0.227 e. The summed E-state index contributed by atoms with van der Waals surface area (Å²) in [7, 11) is 1.55. The van der Waals surface area contributed by atoms with Crippen molar-refractivity contribution in [2.45, 2.75) is 25.9 Å². The lowest BCUT2D eigenvalue weighted by Crippen LogP contribution is -2.42. The number of amides is 2. The van der Waals surface area contributed by atoms with Gasteiger partial charge in [-0.3, -0.25) is 9.59 Å². The molecule has 6 heteroatoms. The first-order chi connectivity index (χ1) is 9.51. The fourth-order valence-electron chi connectivity index (χ4n) is 2.13. The van der Waals surface area contributed by atoms with Crippen LogP contribution in [-0.2, 0) is 9.59 Å². The van der Waals surface area contributed by atoms with Gasteiger partial charge < -0.3 is 15.0 Å². The maximum absolute atomic E-state index is 12.3. The van der Waals surface area contributed by atoms with Crippen LogP contribution in [0.5, 0.6) is 5.75 Å². The molecule has 20 heavy (non-hydrogen) atoms. The summed E-state index contributed by atoms with van der Waals surface area (Å²) in [5.74, 6) is 0.389. The van der Waals surface area contributed by atoms with E-state index < -0.39 is 0 Å². The number of hydrogen-bond donors (Lipinski definition) is 1. The van der Waals surface area contributed by atoms with E-state index in [0.29, 0.717) is 23.0 Å². The molecule has 0 saturated carbocycles. The quantitative estimate of drug-likeness (QED) is 0.928. The molecule has 108 valence electrons. The zero-order valence-electron chi connectivity index (χ0n) is 11.5. The predicted octanol–water partition coefficient (Wildman–Crippen LogP) is 1.98. The zero-order valence-corrected chi connectivity index (χ0v) is 12.2. The third-order valence-corrected chi connectivity index (χ3v) is 3.36. The van der Waals surface area contributed by atoms with Crippen LogP contribution in [-0.4, -0.2) is 31.5 Å². The Morgan fingerprint density at radius 2 is 2.20 bits per heavy atom. The molecule has 0 spiro atoms. The van der Waals surface area contributed by atoms with Crippen molar-refractivity contribution in [3.8, 4) is 5.75 Å². The first kappa shape index (κ1) is 14.7. The molecular formula is C14H17ClN2O3. The number of carbonyl (C=O) groups is 2. The predicted molar refractivity (Wildman–Crippen MR) is 77.2 cm³/mol. The molecule has 0 fully saturated rings. The van der Waals surface area contributed by atoms with Gasteiger partial charge >= 0.3 is 0 Å². The molecule has 1 atom stereocenters. The largest absolute Gasteiger partial charge is 0.487 e. The zero-order chi connectivity index (χ0) is 14.7. The monoisotopic (exact) mass is 296 g/mol. The number of rotatable bonds is 3. The van der Waals surface area contributed by atoms with Gasteiger partial charge in [0, 0.05) is 24.9 Å². The molecule has 0 radical (unpaired) electrons. The van der Waals surface area contributed by atoms with E-state index in [9.17, 15) is 9.59 Å². The highest BCUT2D eigenvalue weighted by atomic mass is 35.5. The minimum atomic E-state index is -0.147. The molecule has 2 amide bonds. The Bertz CT molecular complexity index is 533. The number of carbonyl (C=O) groups excluding carboxylic acids is 2. The van der Waals surface area contributed by atoms with E-state index in [1.165, 1.54) is 0 Å². The van der Waals surface area contributed by atoms with Crippen molar-refractivity contribution < 1.29 is 14.3 Å². The third kappa shape index (κ3) is 3.22. The Labute approximate surface area is 122 Å². The molecule has 0 aliphatic carbocycles. The Hall–Kier alpha value is -1.75. The lowest BCUT2D eigenvalue weighted by molar-refractivity contribution is -0.125. The molecule has 1 N–H and O–H groups in total. The van der Waals surface area contributed by atoms with Gasteiger partial charge in [0.1, 0.15) is 11.9 Å². The van der Waals surface area contributed by atoms with Gasteiger partial charge in [0.25, 0.3) is 0 Å². The maximum Gasteiger partial charge on any atom is 0.227 e. The maximum atomic E-state index is 12.3. The summed E-state index contributed by atoms with van der Waals surface area (Å²) in [4.78, 5) is 25.2. The molecule has 0 aromatic heterocycles. The fraction of sp³-hybridized carbons (Fsp3) is 0.429. The van der Waals surface area contributed by atoms with E-state index in [2.05, 4.69) is 5.32 Å². The summed E-state index contributed by atoms with van der Waals surface area (Å²) >= 11 is 5.98. The summed E-state index contributed by atoms with van der Waals surface area (Å²) < 4.78 is 5.68.